The number of aromatic nitrogens is 2. The first-order chi connectivity index (χ1) is 7.47. The number of carbonyl (C=O) groups is 1. The number of nitrogens with one attached hydrogen (secondary N) is 1. The Morgan fingerprint density at radius 3 is 2.69 bits per heavy atom. The van der Waals surface area contributed by atoms with Gasteiger partial charge < -0.3 is 5.32 Å². The van der Waals surface area contributed by atoms with Crippen molar-refractivity contribution >= 4 is 5.91 Å². The summed E-state index contributed by atoms with van der Waals surface area (Å²) in [7, 11) is 0. The molecule has 0 spiro atoms. The molecular weight excluding hydrogens is 202 g/mol. The predicted octanol–water partition coefficient (Wildman–Crippen LogP) is 1.67. The highest BCUT2D eigenvalue weighted by molar-refractivity contribution is 5.92. The fourth-order valence-electron chi connectivity index (χ4n) is 1.33. The molecule has 0 aliphatic heterocycles. The standard InChI is InChI=1S/C12H17N3O/c1-12(2,3)11-13-7-6-9(15-11)10(16)14-8-4-5-8/h6-8H,4-5H2,1-3H3,(H,14,16). The van der Waals surface area contributed by atoms with Crippen molar-refractivity contribution in [2.45, 2.75) is 45.1 Å². The molecule has 1 N–H and O–H groups in total. The van der Waals surface area contributed by atoms with E-state index in [1.807, 2.05) is 20.8 Å². The molecule has 1 fully saturated rings. The first-order valence-corrected chi connectivity index (χ1v) is 5.61. The van der Waals surface area contributed by atoms with Gasteiger partial charge in [-0.25, -0.2) is 9.97 Å². The van der Waals surface area contributed by atoms with E-state index < -0.39 is 0 Å². The maximum atomic E-state index is 11.8. The summed E-state index contributed by atoms with van der Waals surface area (Å²) in [6.07, 6.45) is 3.82. The van der Waals surface area contributed by atoms with Crippen LogP contribution in [0.2, 0.25) is 0 Å². The molecule has 4 heteroatoms. The van der Waals surface area contributed by atoms with Crippen molar-refractivity contribution in [1.29, 1.82) is 0 Å². The quantitative estimate of drug-likeness (QED) is 0.823. The molecule has 1 saturated carbocycles. The zero-order valence-electron chi connectivity index (χ0n) is 9.95. The van der Waals surface area contributed by atoms with Gasteiger partial charge in [0.05, 0.1) is 0 Å². The molecule has 1 aromatic heterocycles. The normalized spacial score (nSPS) is 15.9. The van der Waals surface area contributed by atoms with Crippen LogP contribution in [0.3, 0.4) is 0 Å². The van der Waals surface area contributed by atoms with Gasteiger partial charge >= 0.3 is 0 Å². The van der Waals surface area contributed by atoms with E-state index in [4.69, 9.17) is 0 Å². The first kappa shape index (κ1) is 11.0. The largest absolute Gasteiger partial charge is 0.348 e. The average molecular weight is 219 g/mol. The molecule has 16 heavy (non-hydrogen) atoms. The van der Waals surface area contributed by atoms with Gasteiger partial charge in [0.2, 0.25) is 0 Å². The molecule has 2 rings (SSSR count). The molecule has 4 nitrogen and oxygen atoms in total. The van der Waals surface area contributed by atoms with Crippen LogP contribution in [0.1, 0.15) is 49.9 Å². The van der Waals surface area contributed by atoms with Gasteiger partial charge in [-0.15, -0.1) is 0 Å². The van der Waals surface area contributed by atoms with Crippen molar-refractivity contribution in [3.05, 3.63) is 23.8 Å². The monoisotopic (exact) mass is 219 g/mol. The van der Waals surface area contributed by atoms with Crippen LogP contribution in [0.25, 0.3) is 0 Å². The molecular formula is C12H17N3O. The van der Waals surface area contributed by atoms with E-state index >= 15 is 0 Å². The second kappa shape index (κ2) is 3.85. The number of nitrogens with zero attached hydrogens (tertiary/aromatic N) is 2. The SMILES string of the molecule is CC(C)(C)c1nccc(C(=O)NC2CC2)n1. The van der Waals surface area contributed by atoms with E-state index in [-0.39, 0.29) is 11.3 Å². The molecule has 0 radical (unpaired) electrons. The molecule has 1 amide bonds. The Hall–Kier alpha value is -1.45. The highest BCUT2D eigenvalue weighted by atomic mass is 16.2. The summed E-state index contributed by atoms with van der Waals surface area (Å²) < 4.78 is 0. The summed E-state index contributed by atoms with van der Waals surface area (Å²) in [5, 5.41) is 2.92. The maximum Gasteiger partial charge on any atom is 0.270 e. The van der Waals surface area contributed by atoms with Crippen molar-refractivity contribution < 1.29 is 4.79 Å². The number of amides is 1. The molecule has 0 unspecified atom stereocenters. The van der Waals surface area contributed by atoms with Crippen molar-refractivity contribution in [3.63, 3.8) is 0 Å². The molecule has 1 aliphatic rings. The lowest BCUT2D eigenvalue weighted by Crippen LogP contribution is -2.27. The zero-order chi connectivity index (χ0) is 11.8. The van der Waals surface area contributed by atoms with Crippen LogP contribution in [-0.4, -0.2) is 21.9 Å². The Bertz CT molecular complexity index is 405. The van der Waals surface area contributed by atoms with E-state index in [2.05, 4.69) is 15.3 Å². The lowest BCUT2D eigenvalue weighted by atomic mass is 9.95. The number of carbonyl (C=O) groups excluding carboxylic acids is 1. The zero-order valence-corrected chi connectivity index (χ0v) is 9.95. The van der Waals surface area contributed by atoms with Crippen LogP contribution in [0, 0.1) is 0 Å². The lowest BCUT2D eigenvalue weighted by molar-refractivity contribution is 0.0945. The van der Waals surface area contributed by atoms with E-state index in [0.717, 1.165) is 12.8 Å². The van der Waals surface area contributed by atoms with Crippen molar-refractivity contribution in [1.82, 2.24) is 15.3 Å². The first-order valence-electron chi connectivity index (χ1n) is 5.61. The number of hydrogen-bond donors (Lipinski definition) is 1. The summed E-state index contributed by atoms with van der Waals surface area (Å²) in [6, 6.07) is 2.02. The Morgan fingerprint density at radius 1 is 1.44 bits per heavy atom. The fraction of sp³-hybridized carbons (Fsp3) is 0.583. The molecule has 0 atom stereocenters. The Balaban J connectivity index is 2.17. The second-order valence-electron chi connectivity index (χ2n) is 5.26. The molecule has 0 aromatic carbocycles. The molecule has 86 valence electrons. The molecule has 1 aliphatic carbocycles. The molecule has 1 heterocycles. The summed E-state index contributed by atoms with van der Waals surface area (Å²) in [5.74, 6) is 0.617. The van der Waals surface area contributed by atoms with Crippen LogP contribution in [0.15, 0.2) is 12.3 Å². The highest BCUT2D eigenvalue weighted by Crippen LogP contribution is 2.20. The average Bonchev–Trinajstić information content (AvgIpc) is 3.00. The fourth-order valence-corrected chi connectivity index (χ4v) is 1.33. The minimum atomic E-state index is -0.129. The van der Waals surface area contributed by atoms with E-state index in [1.165, 1.54) is 0 Å². The highest BCUT2D eigenvalue weighted by Gasteiger charge is 2.25. The molecule has 0 saturated heterocycles. The molecule has 1 aromatic rings. The third-order valence-corrected chi connectivity index (χ3v) is 2.47. The van der Waals surface area contributed by atoms with Gasteiger partial charge in [0.15, 0.2) is 0 Å². The summed E-state index contributed by atoms with van der Waals surface area (Å²) >= 11 is 0. The number of hydrogen-bond acceptors (Lipinski definition) is 3. The minimum absolute atomic E-state index is 0.0876. The van der Waals surface area contributed by atoms with E-state index in [1.54, 1.807) is 12.3 Å². The van der Waals surface area contributed by atoms with Crippen molar-refractivity contribution in [3.8, 4) is 0 Å². The van der Waals surface area contributed by atoms with Crippen molar-refractivity contribution in [2.24, 2.45) is 0 Å². The maximum absolute atomic E-state index is 11.8. The van der Waals surface area contributed by atoms with Crippen molar-refractivity contribution in [2.75, 3.05) is 0 Å². The van der Waals surface area contributed by atoms with Gasteiger partial charge in [-0.05, 0) is 18.9 Å². The Kier molecular flexibility index (Phi) is 2.66. The van der Waals surface area contributed by atoms with Crippen LogP contribution in [-0.2, 0) is 5.41 Å². The Morgan fingerprint density at radius 2 is 2.12 bits per heavy atom. The molecule has 0 bridgehead atoms. The van der Waals surface area contributed by atoms with E-state index in [9.17, 15) is 4.79 Å². The Labute approximate surface area is 95.5 Å². The van der Waals surface area contributed by atoms with Crippen LogP contribution < -0.4 is 5.32 Å². The summed E-state index contributed by atoms with van der Waals surface area (Å²) in [6.45, 7) is 6.10. The van der Waals surface area contributed by atoms with Crippen LogP contribution in [0.5, 0.6) is 0 Å². The van der Waals surface area contributed by atoms with Gasteiger partial charge in [0, 0.05) is 17.7 Å². The van der Waals surface area contributed by atoms with E-state index in [0.29, 0.717) is 17.6 Å². The summed E-state index contributed by atoms with van der Waals surface area (Å²) in [5.41, 5.74) is 0.336. The number of rotatable bonds is 2. The summed E-state index contributed by atoms with van der Waals surface area (Å²) in [4.78, 5) is 20.3. The van der Waals surface area contributed by atoms with Gasteiger partial charge in [-0.3, -0.25) is 4.79 Å². The van der Waals surface area contributed by atoms with Crippen LogP contribution >= 0.6 is 0 Å². The second-order valence-corrected chi connectivity index (χ2v) is 5.26. The van der Waals surface area contributed by atoms with Gasteiger partial charge in [-0.1, -0.05) is 20.8 Å². The minimum Gasteiger partial charge on any atom is -0.348 e. The lowest BCUT2D eigenvalue weighted by Gasteiger charge is -2.16. The third kappa shape index (κ3) is 2.56. The van der Waals surface area contributed by atoms with Gasteiger partial charge in [0.25, 0.3) is 5.91 Å². The van der Waals surface area contributed by atoms with Crippen LogP contribution in [0.4, 0.5) is 0 Å². The topological polar surface area (TPSA) is 54.9 Å². The van der Waals surface area contributed by atoms with Gasteiger partial charge in [0.1, 0.15) is 11.5 Å². The third-order valence-electron chi connectivity index (χ3n) is 2.47. The van der Waals surface area contributed by atoms with Gasteiger partial charge in [-0.2, -0.15) is 0 Å². The predicted molar refractivity (Wildman–Crippen MR) is 61.2 cm³/mol. The smallest absolute Gasteiger partial charge is 0.270 e.